The Bertz CT molecular complexity index is 684. The smallest absolute Gasteiger partial charge is 0.280 e. The third kappa shape index (κ3) is 1.60. The molecule has 0 unspecified atom stereocenters. The average Bonchev–Trinajstić information content (AvgIpc) is 2.93. The van der Waals surface area contributed by atoms with E-state index in [-0.39, 0.29) is 24.2 Å². The van der Waals surface area contributed by atoms with Gasteiger partial charge in [-0.1, -0.05) is 6.08 Å². The van der Waals surface area contributed by atoms with Crippen molar-refractivity contribution < 1.29 is 5.11 Å². The molecule has 94 valence electrons. The summed E-state index contributed by atoms with van der Waals surface area (Å²) >= 11 is 0. The predicted octanol–water partition coefficient (Wildman–Crippen LogP) is -0.0446. The van der Waals surface area contributed by atoms with Gasteiger partial charge in [-0.15, -0.1) is 0 Å². The van der Waals surface area contributed by atoms with Crippen LogP contribution in [0.25, 0.3) is 11.2 Å². The predicted molar refractivity (Wildman–Crippen MR) is 66.0 cm³/mol. The number of nitrogens with one attached hydrogen (secondary N) is 1. The summed E-state index contributed by atoms with van der Waals surface area (Å²) in [5.74, 6) is 0.0857. The molecule has 0 saturated carbocycles. The highest BCUT2D eigenvalue weighted by Crippen LogP contribution is 2.30. The van der Waals surface area contributed by atoms with Crippen molar-refractivity contribution in [1.29, 1.82) is 0 Å². The molecule has 0 saturated heterocycles. The summed E-state index contributed by atoms with van der Waals surface area (Å²) < 4.78 is 1.85. The zero-order valence-electron chi connectivity index (χ0n) is 9.63. The summed E-state index contributed by atoms with van der Waals surface area (Å²) in [7, 11) is 0. The number of rotatable bonds is 2. The zero-order valence-corrected chi connectivity index (χ0v) is 9.63. The molecule has 0 spiro atoms. The maximum atomic E-state index is 11.6. The van der Waals surface area contributed by atoms with Crippen molar-refractivity contribution in [1.82, 2.24) is 19.5 Å². The molecule has 4 N–H and O–H groups in total. The quantitative estimate of drug-likeness (QED) is 0.645. The number of aromatic amines is 1. The van der Waals surface area contributed by atoms with Crippen LogP contribution in [0.1, 0.15) is 18.9 Å². The van der Waals surface area contributed by atoms with Crippen LogP contribution in [0.5, 0.6) is 0 Å². The van der Waals surface area contributed by atoms with E-state index < -0.39 is 0 Å². The number of hydrogen-bond donors (Lipinski definition) is 3. The second-order valence-corrected chi connectivity index (χ2v) is 4.39. The first kappa shape index (κ1) is 11.0. The van der Waals surface area contributed by atoms with E-state index in [0.29, 0.717) is 11.2 Å². The molecule has 7 heteroatoms. The second-order valence-electron chi connectivity index (χ2n) is 4.39. The highest BCUT2D eigenvalue weighted by molar-refractivity contribution is 5.70. The minimum absolute atomic E-state index is 0.0687. The van der Waals surface area contributed by atoms with Crippen molar-refractivity contribution in [3.63, 3.8) is 0 Å². The van der Waals surface area contributed by atoms with E-state index in [1.165, 1.54) is 0 Å². The monoisotopic (exact) mass is 247 g/mol. The fraction of sp³-hybridized carbons (Fsp3) is 0.364. The number of aliphatic hydroxyl groups excluding tert-OH is 1. The number of allylic oxidation sites excluding steroid dienone is 1. The topological polar surface area (TPSA) is 110 Å². The summed E-state index contributed by atoms with van der Waals surface area (Å²) in [5, 5.41) is 9.10. The number of aliphatic hydroxyl groups is 1. The van der Waals surface area contributed by atoms with Gasteiger partial charge in [0.1, 0.15) is 0 Å². The Balaban J connectivity index is 2.06. The summed E-state index contributed by atoms with van der Waals surface area (Å²) in [6.07, 6.45) is 5.16. The van der Waals surface area contributed by atoms with Gasteiger partial charge in [0.15, 0.2) is 11.2 Å². The molecule has 2 aromatic heterocycles. The van der Waals surface area contributed by atoms with E-state index in [1.807, 2.05) is 10.6 Å². The number of nitrogen functional groups attached to an aromatic ring is 1. The summed E-state index contributed by atoms with van der Waals surface area (Å²) in [4.78, 5) is 22.3. The first-order valence-corrected chi connectivity index (χ1v) is 5.70. The van der Waals surface area contributed by atoms with Crippen LogP contribution < -0.4 is 11.3 Å². The van der Waals surface area contributed by atoms with Crippen LogP contribution in [0, 0.1) is 0 Å². The van der Waals surface area contributed by atoms with Gasteiger partial charge in [-0.2, -0.15) is 4.98 Å². The van der Waals surface area contributed by atoms with Crippen molar-refractivity contribution in [2.24, 2.45) is 0 Å². The van der Waals surface area contributed by atoms with E-state index >= 15 is 0 Å². The number of H-pyrrole nitrogens is 1. The number of hydrogen-bond acceptors (Lipinski definition) is 5. The van der Waals surface area contributed by atoms with Crippen molar-refractivity contribution >= 4 is 17.1 Å². The Morgan fingerprint density at radius 1 is 1.61 bits per heavy atom. The highest BCUT2D eigenvalue weighted by Gasteiger charge is 2.21. The third-order valence-corrected chi connectivity index (χ3v) is 3.22. The van der Waals surface area contributed by atoms with Gasteiger partial charge in [-0.25, -0.2) is 4.98 Å². The molecule has 1 aliphatic carbocycles. The fourth-order valence-electron chi connectivity index (χ4n) is 2.32. The largest absolute Gasteiger partial charge is 0.392 e. The van der Waals surface area contributed by atoms with Gasteiger partial charge in [0.05, 0.1) is 12.9 Å². The first-order chi connectivity index (χ1) is 8.69. The Labute approximate surface area is 102 Å². The van der Waals surface area contributed by atoms with Gasteiger partial charge in [-0.05, 0) is 18.4 Å². The molecule has 0 aromatic carbocycles. The van der Waals surface area contributed by atoms with Crippen LogP contribution in [0.15, 0.2) is 22.8 Å². The van der Waals surface area contributed by atoms with Crippen LogP contribution >= 0.6 is 0 Å². The lowest BCUT2D eigenvalue weighted by Crippen LogP contribution is -2.13. The average molecular weight is 247 g/mol. The SMILES string of the molecule is Nc1nc2c(ncn2[C@H]2CC=C(CO)C2)c(=O)[nH]1. The van der Waals surface area contributed by atoms with Crippen molar-refractivity contribution in [3.8, 4) is 0 Å². The van der Waals surface area contributed by atoms with E-state index in [2.05, 4.69) is 15.0 Å². The van der Waals surface area contributed by atoms with Crippen molar-refractivity contribution in [2.75, 3.05) is 12.3 Å². The highest BCUT2D eigenvalue weighted by atomic mass is 16.3. The van der Waals surface area contributed by atoms with Crippen LogP contribution in [0.2, 0.25) is 0 Å². The molecule has 2 aromatic rings. The fourth-order valence-corrected chi connectivity index (χ4v) is 2.32. The number of anilines is 1. The van der Waals surface area contributed by atoms with E-state index in [9.17, 15) is 4.79 Å². The van der Waals surface area contributed by atoms with Crippen molar-refractivity contribution in [3.05, 3.63) is 28.3 Å². The molecule has 0 fully saturated rings. The molecule has 1 aliphatic rings. The summed E-state index contributed by atoms with van der Waals surface area (Å²) in [5.41, 5.74) is 7.00. The van der Waals surface area contributed by atoms with Gasteiger partial charge in [-0.3, -0.25) is 9.78 Å². The summed E-state index contributed by atoms with van der Waals surface area (Å²) in [6.45, 7) is 0.0687. The lowest BCUT2D eigenvalue weighted by molar-refractivity contribution is 0.325. The Morgan fingerprint density at radius 3 is 3.17 bits per heavy atom. The van der Waals surface area contributed by atoms with Gasteiger partial charge < -0.3 is 15.4 Å². The molecule has 0 radical (unpaired) electrons. The van der Waals surface area contributed by atoms with E-state index in [4.69, 9.17) is 10.8 Å². The molecule has 1 atom stereocenters. The molecule has 18 heavy (non-hydrogen) atoms. The Kier molecular flexibility index (Phi) is 2.41. The number of nitrogens with two attached hydrogens (primary N) is 1. The molecule has 2 heterocycles. The standard InChI is InChI=1S/C11H13N5O2/c12-11-14-9-8(10(18)15-11)13-5-16(9)7-2-1-6(3-7)4-17/h1,5,7,17H,2-4H2,(H3,12,14,15,18)/t7-/m0/s1. The Hall–Kier alpha value is -2.15. The number of aromatic nitrogens is 4. The van der Waals surface area contributed by atoms with Crippen LogP contribution in [-0.4, -0.2) is 31.2 Å². The van der Waals surface area contributed by atoms with Gasteiger partial charge in [0.25, 0.3) is 5.56 Å². The zero-order chi connectivity index (χ0) is 12.7. The van der Waals surface area contributed by atoms with Crippen LogP contribution in [0.4, 0.5) is 5.95 Å². The molecule has 7 nitrogen and oxygen atoms in total. The van der Waals surface area contributed by atoms with E-state index in [1.54, 1.807) is 6.33 Å². The van der Waals surface area contributed by atoms with Crippen LogP contribution in [-0.2, 0) is 0 Å². The molecule has 0 amide bonds. The number of nitrogens with zero attached hydrogens (tertiary/aromatic N) is 3. The lowest BCUT2D eigenvalue weighted by Gasteiger charge is -2.12. The normalized spacial score (nSPS) is 19.4. The lowest BCUT2D eigenvalue weighted by atomic mass is 10.2. The molecule has 0 aliphatic heterocycles. The van der Waals surface area contributed by atoms with Gasteiger partial charge in [0, 0.05) is 6.04 Å². The van der Waals surface area contributed by atoms with Gasteiger partial charge >= 0.3 is 0 Å². The summed E-state index contributed by atoms with van der Waals surface area (Å²) in [6, 6.07) is 0.144. The molecule has 3 rings (SSSR count). The van der Waals surface area contributed by atoms with E-state index in [0.717, 1.165) is 18.4 Å². The maximum absolute atomic E-state index is 11.6. The second kappa shape index (κ2) is 3.95. The first-order valence-electron chi connectivity index (χ1n) is 5.70. The van der Waals surface area contributed by atoms with Crippen LogP contribution in [0.3, 0.4) is 0 Å². The maximum Gasteiger partial charge on any atom is 0.280 e. The minimum atomic E-state index is -0.329. The Morgan fingerprint density at radius 2 is 2.44 bits per heavy atom. The van der Waals surface area contributed by atoms with Gasteiger partial charge in [0.2, 0.25) is 5.95 Å². The molecule has 0 bridgehead atoms. The minimum Gasteiger partial charge on any atom is -0.392 e. The molecular formula is C11H13N5O2. The van der Waals surface area contributed by atoms with Crippen molar-refractivity contribution in [2.45, 2.75) is 18.9 Å². The number of fused-ring (bicyclic) bond motifs is 1. The third-order valence-electron chi connectivity index (χ3n) is 3.22. The number of imidazole rings is 1. The molecular weight excluding hydrogens is 234 g/mol.